The number of piperidine rings is 1. The van der Waals surface area contributed by atoms with E-state index in [1.54, 1.807) is 16.0 Å². The molecule has 4 heterocycles. The SMILES string of the molecule is Cc1cc(Oc2ccccc2)ccc1N1C(=O)NC2c3c1ccnc3SC2C(=O)NC1CCCN(C#N)C1. The number of aryl methyl sites for hydroxylation is 1. The van der Waals surface area contributed by atoms with Gasteiger partial charge < -0.3 is 20.3 Å². The number of aromatic nitrogens is 1. The van der Waals surface area contributed by atoms with E-state index in [-0.39, 0.29) is 18.0 Å². The highest BCUT2D eigenvalue weighted by Gasteiger charge is 2.47. The van der Waals surface area contributed by atoms with Crippen LogP contribution in [0.3, 0.4) is 0 Å². The van der Waals surface area contributed by atoms with E-state index in [0.29, 0.717) is 18.8 Å². The van der Waals surface area contributed by atoms with Crippen LogP contribution in [0.1, 0.15) is 30.0 Å². The molecule has 3 amide bonds. The number of hydrogen-bond donors (Lipinski definition) is 2. The van der Waals surface area contributed by atoms with Crippen molar-refractivity contribution in [1.29, 1.82) is 5.26 Å². The highest BCUT2D eigenvalue weighted by atomic mass is 32.2. The molecule has 1 fully saturated rings. The number of carbonyl (C=O) groups excluding carboxylic acids is 2. The molecule has 1 aromatic heterocycles. The third kappa shape index (κ3) is 4.39. The van der Waals surface area contributed by atoms with Crippen LogP contribution >= 0.6 is 11.8 Å². The standard InChI is InChI=1S/C28H26N6O3S/c1-17-14-20(37-19-7-3-2-4-8-19)9-10-21(17)34-22-11-12-30-27-23(22)24(32-28(34)36)25(38-27)26(35)31-18-6-5-13-33(15-18)16-29/h2-4,7-12,14,18,24-25H,5-6,13,15H2,1H3,(H,31,35)(H,32,36). The summed E-state index contributed by atoms with van der Waals surface area (Å²) in [4.78, 5) is 34.7. The summed E-state index contributed by atoms with van der Waals surface area (Å²) < 4.78 is 5.96. The zero-order valence-electron chi connectivity index (χ0n) is 20.8. The predicted molar refractivity (Wildman–Crippen MR) is 143 cm³/mol. The Kier molecular flexibility index (Phi) is 6.29. The Morgan fingerprint density at radius 2 is 2.03 bits per heavy atom. The van der Waals surface area contributed by atoms with E-state index >= 15 is 0 Å². The number of nitrogens with one attached hydrogen (secondary N) is 2. The monoisotopic (exact) mass is 526 g/mol. The Hall–Kier alpha value is -4.23. The minimum atomic E-state index is -0.537. The van der Waals surface area contributed by atoms with E-state index < -0.39 is 11.3 Å². The molecule has 3 unspecified atom stereocenters. The smallest absolute Gasteiger partial charge is 0.327 e. The number of urea groups is 1. The molecule has 2 aromatic carbocycles. The van der Waals surface area contributed by atoms with Crippen LogP contribution < -0.4 is 20.3 Å². The first kappa shape index (κ1) is 24.1. The van der Waals surface area contributed by atoms with E-state index in [1.807, 2.05) is 61.5 Å². The average Bonchev–Trinajstić information content (AvgIpc) is 3.30. The molecule has 6 rings (SSSR count). The summed E-state index contributed by atoms with van der Waals surface area (Å²) in [5, 5.41) is 15.6. The lowest BCUT2D eigenvalue weighted by Gasteiger charge is -2.35. The molecule has 1 saturated heterocycles. The van der Waals surface area contributed by atoms with Crippen molar-refractivity contribution in [2.24, 2.45) is 0 Å². The number of anilines is 2. The van der Waals surface area contributed by atoms with Crippen LogP contribution in [0.15, 0.2) is 65.8 Å². The van der Waals surface area contributed by atoms with E-state index in [1.165, 1.54) is 11.8 Å². The average molecular weight is 527 g/mol. The molecule has 3 atom stereocenters. The molecular weight excluding hydrogens is 500 g/mol. The van der Waals surface area contributed by atoms with Crippen molar-refractivity contribution in [3.8, 4) is 17.7 Å². The van der Waals surface area contributed by atoms with Gasteiger partial charge in [0.1, 0.15) is 21.8 Å². The van der Waals surface area contributed by atoms with Gasteiger partial charge in [-0.1, -0.05) is 30.0 Å². The lowest BCUT2D eigenvalue weighted by atomic mass is 9.98. The number of pyridine rings is 1. The van der Waals surface area contributed by atoms with Crippen molar-refractivity contribution in [3.63, 3.8) is 0 Å². The summed E-state index contributed by atoms with van der Waals surface area (Å²) >= 11 is 1.37. The van der Waals surface area contributed by atoms with E-state index in [9.17, 15) is 14.9 Å². The predicted octanol–water partition coefficient (Wildman–Crippen LogP) is 4.62. The molecule has 3 aliphatic rings. The van der Waals surface area contributed by atoms with Gasteiger partial charge >= 0.3 is 6.03 Å². The number of ether oxygens (including phenoxy) is 1. The second kappa shape index (κ2) is 9.91. The third-order valence-corrected chi connectivity index (χ3v) is 8.35. The summed E-state index contributed by atoms with van der Waals surface area (Å²) in [5.74, 6) is 1.26. The Balaban J connectivity index is 1.25. The van der Waals surface area contributed by atoms with Gasteiger partial charge in [0.2, 0.25) is 5.91 Å². The second-order valence-electron chi connectivity index (χ2n) is 9.61. The van der Waals surface area contributed by atoms with E-state index in [2.05, 4.69) is 21.8 Å². The normalized spacial score (nSPS) is 21.8. The highest BCUT2D eigenvalue weighted by Crippen LogP contribution is 2.51. The summed E-state index contributed by atoms with van der Waals surface area (Å²) in [6, 6.07) is 16.1. The number of hydrogen-bond acceptors (Lipinski definition) is 7. The topological polar surface area (TPSA) is 111 Å². The van der Waals surface area contributed by atoms with Gasteiger partial charge in [-0.05, 0) is 61.7 Å². The van der Waals surface area contributed by atoms with Crippen LogP contribution in [-0.2, 0) is 4.79 Å². The molecule has 0 aliphatic carbocycles. The van der Waals surface area contributed by atoms with Gasteiger partial charge in [0.25, 0.3) is 0 Å². The zero-order valence-corrected chi connectivity index (χ0v) is 21.6. The summed E-state index contributed by atoms with van der Waals surface area (Å²) in [6.07, 6.45) is 5.53. The van der Waals surface area contributed by atoms with Gasteiger partial charge in [-0.2, -0.15) is 5.26 Å². The number of amides is 3. The molecule has 3 aromatic rings. The van der Waals surface area contributed by atoms with Gasteiger partial charge in [0.05, 0.1) is 17.4 Å². The van der Waals surface area contributed by atoms with Gasteiger partial charge in [-0.25, -0.2) is 9.78 Å². The van der Waals surface area contributed by atoms with Crippen molar-refractivity contribution >= 4 is 35.1 Å². The van der Waals surface area contributed by atoms with Crippen molar-refractivity contribution in [2.45, 2.75) is 42.1 Å². The highest BCUT2D eigenvalue weighted by molar-refractivity contribution is 8.01. The van der Waals surface area contributed by atoms with Crippen LogP contribution in [-0.4, -0.2) is 46.2 Å². The quantitative estimate of drug-likeness (QED) is 0.467. The third-order valence-electron chi connectivity index (χ3n) is 7.06. The minimum Gasteiger partial charge on any atom is -0.457 e. The lowest BCUT2D eigenvalue weighted by Crippen LogP contribution is -2.52. The summed E-state index contributed by atoms with van der Waals surface area (Å²) in [5.41, 5.74) is 3.17. The largest absolute Gasteiger partial charge is 0.457 e. The first-order valence-corrected chi connectivity index (χ1v) is 13.4. The summed E-state index contributed by atoms with van der Waals surface area (Å²) in [7, 11) is 0. The van der Waals surface area contributed by atoms with Crippen LogP contribution in [0.4, 0.5) is 16.2 Å². The molecular formula is C28H26N6O3S. The second-order valence-corrected chi connectivity index (χ2v) is 10.7. The van der Waals surface area contributed by atoms with Crippen molar-refractivity contribution < 1.29 is 14.3 Å². The first-order valence-electron chi connectivity index (χ1n) is 12.6. The summed E-state index contributed by atoms with van der Waals surface area (Å²) in [6.45, 7) is 3.16. The van der Waals surface area contributed by atoms with Crippen molar-refractivity contribution in [3.05, 3.63) is 71.9 Å². The van der Waals surface area contributed by atoms with Crippen LogP contribution in [0.25, 0.3) is 0 Å². The number of nitriles is 1. The Morgan fingerprint density at radius 3 is 2.82 bits per heavy atom. The van der Waals surface area contributed by atoms with Crippen LogP contribution in [0, 0.1) is 18.4 Å². The maximum Gasteiger partial charge on any atom is 0.327 e. The Bertz CT molecular complexity index is 1440. The minimum absolute atomic E-state index is 0.0947. The zero-order chi connectivity index (χ0) is 26.2. The molecule has 0 bridgehead atoms. The Labute approximate surface area is 224 Å². The number of carbonyl (C=O) groups is 2. The van der Waals surface area contributed by atoms with Gasteiger partial charge in [-0.15, -0.1) is 0 Å². The fourth-order valence-corrected chi connectivity index (χ4v) is 6.54. The Morgan fingerprint density at radius 1 is 1.18 bits per heavy atom. The molecule has 2 N–H and O–H groups in total. The maximum absolute atomic E-state index is 13.5. The molecule has 3 aliphatic heterocycles. The van der Waals surface area contributed by atoms with Gasteiger partial charge in [0.15, 0.2) is 6.19 Å². The molecule has 9 nitrogen and oxygen atoms in total. The molecule has 0 saturated carbocycles. The van der Waals surface area contributed by atoms with E-state index in [4.69, 9.17) is 4.74 Å². The number of nitrogens with zero attached hydrogens (tertiary/aromatic N) is 4. The molecule has 38 heavy (non-hydrogen) atoms. The van der Waals surface area contributed by atoms with Gasteiger partial charge in [0, 0.05) is 30.9 Å². The van der Waals surface area contributed by atoms with Gasteiger partial charge in [-0.3, -0.25) is 9.69 Å². The van der Waals surface area contributed by atoms with E-state index in [0.717, 1.165) is 46.1 Å². The fraction of sp³-hybridized carbons (Fsp3) is 0.286. The maximum atomic E-state index is 13.5. The number of likely N-dealkylation sites (tertiary alicyclic amines) is 1. The number of para-hydroxylation sites is 1. The van der Waals surface area contributed by atoms with Crippen molar-refractivity contribution in [1.82, 2.24) is 20.5 Å². The van der Waals surface area contributed by atoms with Crippen LogP contribution in [0.5, 0.6) is 11.5 Å². The number of thioether (sulfide) groups is 1. The first-order chi connectivity index (χ1) is 18.5. The van der Waals surface area contributed by atoms with Crippen molar-refractivity contribution in [2.75, 3.05) is 18.0 Å². The molecule has 10 heteroatoms. The molecule has 0 radical (unpaired) electrons. The van der Waals surface area contributed by atoms with Crippen LogP contribution in [0.2, 0.25) is 0 Å². The fourth-order valence-electron chi connectivity index (χ4n) is 5.30. The molecule has 0 spiro atoms. The number of benzene rings is 2. The molecule has 192 valence electrons. The lowest BCUT2D eigenvalue weighted by molar-refractivity contribution is -0.121. The number of rotatable bonds is 5.